The minimum atomic E-state index is -0.263. The third-order valence-corrected chi connectivity index (χ3v) is 2.54. The summed E-state index contributed by atoms with van der Waals surface area (Å²) in [4.78, 5) is 0. The molecule has 0 unspecified atom stereocenters. The second-order valence-corrected chi connectivity index (χ2v) is 3.84. The van der Waals surface area contributed by atoms with Crippen molar-refractivity contribution in [2.75, 3.05) is 0 Å². The lowest BCUT2D eigenvalue weighted by molar-refractivity contribution is 0.623. The van der Waals surface area contributed by atoms with E-state index < -0.39 is 0 Å². The molecule has 2 aromatic rings. The van der Waals surface area contributed by atoms with E-state index in [1.54, 1.807) is 10.9 Å². The molecule has 0 spiro atoms. The molecule has 0 fully saturated rings. The van der Waals surface area contributed by atoms with Crippen molar-refractivity contribution in [3.63, 3.8) is 0 Å². The van der Waals surface area contributed by atoms with Gasteiger partial charge in [-0.15, -0.1) is 5.10 Å². The molecule has 0 atom stereocenters. The summed E-state index contributed by atoms with van der Waals surface area (Å²) in [6, 6.07) is 4.77. The first-order valence-electron chi connectivity index (χ1n) is 4.44. The smallest absolute Gasteiger partial charge is 0.125 e. The van der Waals surface area contributed by atoms with Crippen LogP contribution in [-0.2, 0) is 5.33 Å². The van der Waals surface area contributed by atoms with Gasteiger partial charge < -0.3 is 0 Å². The highest BCUT2D eigenvalue weighted by Gasteiger charge is 2.03. The summed E-state index contributed by atoms with van der Waals surface area (Å²) < 4.78 is 14.7. The van der Waals surface area contributed by atoms with Crippen molar-refractivity contribution in [1.82, 2.24) is 15.0 Å². The molecular weight excluding hydrogens is 261 g/mol. The molecule has 2 rings (SSSR count). The monoisotopic (exact) mass is 269 g/mol. The summed E-state index contributed by atoms with van der Waals surface area (Å²) in [5.74, 6) is -0.263. The van der Waals surface area contributed by atoms with Gasteiger partial charge in [0, 0.05) is 5.33 Å². The van der Waals surface area contributed by atoms with E-state index in [0.29, 0.717) is 11.0 Å². The second kappa shape index (κ2) is 4.10. The van der Waals surface area contributed by atoms with Gasteiger partial charge >= 0.3 is 0 Å². The van der Waals surface area contributed by atoms with Crippen LogP contribution in [0.5, 0.6) is 0 Å². The molecular formula is C10H9BrFN3. The average Bonchev–Trinajstić information content (AvgIpc) is 2.64. The molecule has 0 N–H and O–H groups in total. The van der Waals surface area contributed by atoms with Gasteiger partial charge in [-0.3, -0.25) is 0 Å². The van der Waals surface area contributed by atoms with E-state index in [4.69, 9.17) is 0 Å². The van der Waals surface area contributed by atoms with Crippen molar-refractivity contribution in [3.05, 3.63) is 41.5 Å². The molecule has 15 heavy (non-hydrogen) atoms. The van der Waals surface area contributed by atoms with Crippen LogP contribution in [0.2, 0.25) is 0 Å². The molecule has 0 bridgehead atoms. The zero-order valence-corrected chi connectivity index (χ0v) is 9.70. The van der Waals surface area contributed by atoms with Crippen LogP contribution in [0.25, 0.3) is 5.69 Å². The lowest BCUT2D eigenvalue weighted by Gasteiger charge is -2.01. The highest BCUT2D eigenvalue weighted by atomic mass is 79.9. The van der Waals surface area contributed by atoms with Crippen LogP contribution < -0.4 is 0 Å². The number of rotatable bonds is 2. The zero-order chi connectivity index (χ0) is 10.8. The fraction of sp³-hybridized carbons (Fsp3) is 0.200. The van der Waals surface area contributed by atoms with Gasteiger partial charge in [0.1, 0.15) is 5.82 Å². The standard InChI is InChI=1S/C10H9BrFN3/c1-7-2-8(12)4-10(3-7)15-6-9(5-11)13-14-15/h2-4,6H,5H2,1H3. The predicted molar refractivity (Wildman–Crippen MR) is 58.7 cm³/mol. The van der Waals surface area contributed by atoms with Crippen molar-refractivity contribution in [1.29, 1.82) is 0 Å². The molecule has 3 nitrogen and oxygen atoms in total. The highest BCUT2D eigenvalue weighted by molar-refractivity contribution is 9.08. The van der Waals surface area contributed by atoms with Gasteiger partial charge in [0.05, 0.1) is 17.6 Å². The van der Waals surface area contributed by atoms with Crippen LogP contribution in [0.4, 0.5) is 4.39 Å². The molecule has 78 valence electrons. The molecule has 5 heteroatoms. The highest BCUT2D eigenvalue weighted by Crippen LogP contribution is 2.12. The van der Waals surface area contributed by atoms with Crippen molar-refractivity contribution >= 4 is 15.9 Å². The number of hydrogen-bond donors (Lipinski definition) is 0. The number of nitrogens with zero attached hydrogens (tertiary/aromatic N) is 3. The van der Waals surface area contributed by atoms with E-state index in [1.165, 1.54) is 12.1 Å². The lowest BCUT2D eigenvalue weighted by atomic mass is 10.2. The largest absolute Gasteiger partial charge is 0.220 e. The van der Waals surface area contributed by atoms with Gasteiger partial charge in [0.2, 0.25) is 0 Å². The van der Waals surface area contributed by atoms with Crippen molar-refractivity contribution in [2.24, 2.45) is 0 Å². The minimum Gasteiger partial charge on any atom is -0.220 e. The third kappa shape index (κ3) is 2.23. The fourth-order valence-electron chi connectivity index (χ4n) is 1.34. The molecule has 0 saturated heterocycles. The van der Waals surface area contributed by atoms with E-state index in [0.717, 1.165) is 11.3 Å². The van der Waals surface area contributed by atoms with Crippen LogP contribution in [0.15, 0.2) is 24.4 Å². The second-order valence-electron chi connectivity index (χ2n) is 3.27. The van der Waals surface area contributed by atoms with E-state index in [1.807, 2.05) is 13.0 Å². The molecule has 1 aromatic heterocycles. The summed E-state index contributed by atoms with van der Waals surface area (Å²) in [6.07, 6.45) is 1.77. The quantitative estimate of drug-likeness (QED) is 0.785. The van der Waals surface area contributed by atoms with E-state index in [2.05, 4.69) is 26.2 Å². The van der Waals surface area contributed by atoms with Gasteiger partial charge in [-0.2, -0.15) is 0 Å². The summed E-state index contributed by atoms with van der Waals surface area (Å²) in [6.45, 7) is 1.84. The Morgan fingerprint density at radius 2 is 2.20 bits per heavy atom. The van der Waals surface area contributed by atoms with Crippen molar-refractivity contribution < 1.29 is 4.39 Å². The molecule has 0 aliphatic rings. The number of halogens is 2. The maximum Gasteiger partial charge on any atom is 0.125 e. The van der Waals surface area contributed by atoms with Crippen LogP contribution in [0, 0.1) is 12.7 Å². The molecule has 0 amide bonds. The Bertz CT molecular complexity index is 461. The third-order valence-electron chi connectivity index (χ3n) is 1.97. The van der Waals surface area contributed by atoms with Gasteiger partial charge in [0.25, 0.3) is 0 Å². The summed E-state index contributed by atoms with van der Waals surface area (Å²) in [5, 5.41) is 8.46. The number of aromatic nitrogens is 3. The molecule has 0 aliphatic heterocycles. The SMILES string of the molecule is Cc1cc(F)cc(-n2cc(CBr)nn2)c1. The summed E-state index contributed by atoms with van der Waals surface area (Å²) in [5.41, 5.74) is 2.37. The van der Waals surface area contributed by atoms with E-state index >= 15 is 0 Å². The Hall–Kier alpha value is -1.23. The Morgan fingerprint density at radius 1 is 1.40 bits per heavy atom. The number of aryl methyl sites for hydroxylation is 1. The molecule has 0 aliphatic carbocycles. The number of hydrogen-bond acceptors (Lipinski definition) is 2. The minimum absolute atomic E-state index is 0.263. The first-order valence-corrected chi connectivity index (χ1v) is 5.56. The van der Waals surface area contributed by atoms with Gasteiger partial charge in [0.15, 0.2) is 0 Å². The topological polar surface area (TPSA) is 30.7 Å². The Morgan fingerprint density at radius 3 is 2.80 bits per heavy atom. The summed E-state index contributed by atoms with van der Waals surface area (Å²) >= 11 is 3.28. The Kier molecular flexibility index (Phi) is 2.81. The normalized spacial score (nSPS) is 10.6. The Balaban J connectivity index is 2.44. The van der Waals surface area contributed by atoms with Crippen LogP contribution in [0.1, 0.15) is 11.3 Å². The number of benzene rings is 1. The zero-order valence-electron chi connectivity index (χ0n) is 8.11. The maximum absolute atomic E-state index is 13.1. The van der Waals surface area contributed by atoms with Crippen LogP contribution in [0.3, 0.4) is 0 Å². The lowest BCUT2D eigenvalue weighted by Crippen LogP contribution is -1.96. The maximum atomic E-state index is 13.1. The van der Waals surface area contributed by atoms with Crippen molar-refractivity contribution in [2.45, 2.75) is 12.3 Å². The average molecular weight is 270 g/mol. The molecule has 1 heterocycles. The van der Waals surface area contributed by atoms with E-state index in [-0.39, 0.29) is 5.82 Å². The van der Waals surface area contributed by atoms with Crippen LogP contribution >= 0.6 is 15.9 Å². The van der Waals surface area contributed by atoms with Gasteiger partial charge in [-0.05, 0) is 30.7 Å². The van der Waals surface area contributed by atoms with E-state index in [9.17, 15) is 4.39 Å². The first-order chi connectivity index (χ1) is 7.19. The Labute approximate surface area is 95.0 Å². The van der Waals surface area contributed by atoms with Crippen LogP contribution in [-0.4, -0.2) is 15.0 Å². The molecule has 0 saturated carbocycles. The fourth-order valence-corrected chi connectivity index (χ4v) is 1.59. The summed E-state index contributed by atoms with van der Waals surface area (Å²) in [7, 11) is 0. The van der Waals surface area contributed by atoms with Gasteiger partial charge in [-0.25, -0.2) is 9.07 Å². The van der Waals surface area contributed by atoms with Crippen molar-refractivity contribution in [3.8, 4) is 5.69 Å². The predicted octanol–water partition coefficient (Wildman–Crippen LogP) is 2.61. The number of alkyl halides is 1. The molecule has 1 aromatic carbocycles. The first kappa shape index (κ1) is 10.3. The van der Waals surface area contributed by atoms with Gasteiger partial charge in [-0.1, -0.05) is 21.1 Å². The molecule has 0 radical (unpaired) electrons.